The number of carbonyl (C=O) groups excluding carboxylic acids is 1. The van der Waals surface area contributed by atoms with Crippen LogP contribution in [0.1, 0.15) is 75.7 Å². The van der Waals surface area contributed by atoms with Crippen molar-refractivity contribution < 1.29 is 23.1 Å². The normalized spacial score (nSPS) is 24.8. The summed E-state index contributed by atoms with van der Waals surface area (Å²) in [5.74, 6) is 12.0. The van der Waals surface area contributed by atoms with E-state index in [0.29, 0.717) is 0 Å². The second kappa shape index (κ2) is 16.4. The minimum Gasteiger partial charge on any atom is -0.518 e. The first-order chi connectivity index (χ1) is 21.3. The third kappa shape index (κ3) is 8.89. The average molecular weight is 683 g/mol. The van der Waals surface area contributed by atoms with E-state index >= 15 is 4.79 Å². The summed E-state index contributed by atoms with van der Waals surface area (Å²) in [4.78, 5) is 16.2. The molecule has 0 radical (unpaired) electrons. The molecule has 0 amide bonds. The van der Waals surface area contributed by atoms with Gasteiger partial charge in [0, 0.05) is 12.0 Å². The lowest BCUT2D eigenvalue weighted by Crippen LogP contribution is -2.63. The summed E-state index contributed by atoms with van der Waals surface area (Å²) in [6.45, 7) is 30.7. The van der Waals surface area contributed by atoms with E-state index in [1.165, 1.54) is 0 Å². The summed E-state index contributed by atoms with van der Waals surface area (Å²) >= 11 is 1.56. The maximum atomic E-state index is 15.2. The predicted molar refractivity (Wildman–Crippen MR) is 199 cm³/mol. The van der Waals surface area contributed by atoms with Crippen molar-refractivity contribution in [2.75, 3.05) is 13.9 Å². The maximum absolute atomic E-state index is 15.2. The fourth-order valence-electron chi connectivity index (χ4n) is 6.41. The van der Waals surface area contributed by atoms with Crippen LogP contribution in [-0.4, -0.2) is 53.0 Å². The maximum Gasteiger partial charge on any atom is 0.297 e. The van der Waals surface area contributed by atoms with Gasteiger partial charge in [0.25, 0.3) is 14.3 Å². The zero-order chi connectivity index (χ0) is 35.0. The molecule has 1 aromatic carbocycles. The van der Waals surface area contributed by atoms with E-state index in [2.05, 4.69) is 118 Å². The molecule has 0 unspecified atom stereocenters. The molecule has 4 atom stereocenters. The van der Waals surface area contributed by atoms with Crippen LogP contribution in [0, 0.1) is 29.6 Å². The Kier molecular flexibility index (Phi) is 14.3. The van der Waals surface area contributed by atoms with Crippen LogP contribution in [0.5, 0.6) is 0 Å². The van der Waals surface area contributed by atoms with Crippen LogP contribution < -0.4 is 0 Å². The minimum absolute atomic E-state index is 0.0364. The first-order valence-electron chi connectivity index (χ1n) is 16.4. The molecule has 0 fully saturated rings. The van der Waals surface area contributed by atoms with Crippen molar-refractivity contribution in [3.8, 4) is 23.7 Å². The van der Waals surface area contributed by atoms with Gasteiger partial charge in [-0.15, -0.1) is 18.3 Å². The largest absolute Gasteiger partial charge is 0.518 e. The Balaban J connectivity index is 3.06. The molecule has 1 aromatic rings. The summed E-state index contributed by atoms with van der Waals surface area (Å²) in [5, 5.41) is -0.123. The molecule has 1 aliphatic carbocycles. The molecule has 0 saturated heterocycles. The van der Waals surface area contributed by atoms with Crippen LogP contribution >= 0.6 is 11.8 Å². The van der Waals surface area contributed by atoms with E-state index in [9.17, 15) is 0 Å². The number of benzene rings is 1. The first kappa shape index (κ1) is 40.1. The van der Waals surface area contributed by atoms with Crippen LogP contribution in [0.15, 0.2) is 60.0 Å². The molecule has 0 N–H and O–H groups in total. The Hall–Kier alpha value is -2.05. The number of rotatable bonds is 13. The van der Waals surface area contributed by atoms with Gasteiger partial charge in [-0.05, 0) is 72.4 Å². The van der Waals surface area contributed by atoms with Gasteiger partial charge in [-0.25, -0.2) is 0 Å². The quantitative estimate of drug-likeness (QED) is 0.0894. The van der Waals surface area contributed by atoms with Crippen LogP contribution in [0.4, 0.5) is 0 Å². The zero-order valence-corrected chi connectivity index (χ0v) is 33.4. The number of hydrogen-bond acceptors (Lipinski definition) is 6. The lowest BCUT2D eigenvalue weighted by atomic mass is 9.75. The molecule has 2 rings (SSSR count). The summed E-state index contributed by atoms with van der Waals surface area (Å²) in [7, 11) is -3.55. The van der Waals surface area contributed by atoms with Crippen molar-refractivity contribution in [1.82, 2.24) is 0 Å². The van der Waals surface area contributed by atoms with Crippen LogP contribution in [0.25, 0.3) is 0 Å². The Morgan fingerprint density at radius 3 is 2.11 bits per heavy atom. The van der Waals surface area contributed by atoms with E-state index in [1.807, 2.05) is 31.2 Å². The van der Waals surface area contributed by atoms with Gasteiger partial charge < -0.3 is 18.3 Å². The minimum atomic E-state index is -2.65. The highest BCUT2D eigenvalue weighted by Gasteiger charge is 2.60. The molecular weight excluding hydrogens is 625 g/mol. The van der Waals surface area contributed by atoms with Crippen LogP contribution in [0.2, 0.25) is 34.8 Å². The van der Waals surface area contributed by atoms with Gasteiger partial charge in [0.1, 0.15) is 18.5 Å². The molecule has 0 saturated carbocycles. The lowest BCUT2D eigenvalue weighted by Gasteiger charge is -2.53. The summed E-state index contributed by atoms with van der Waals surface area (Å²) in [5.41, 5.74) is -0.546. The molecule has 46 heavy (non-hydrogen) atoms. The third-order valence-electron chi connectivity index (χ3n) is 9.77. The summed E-state index contributed by atoms with van der Waals surface area (Å²) < 4.78 is 24.7. The van der Waals surface area contributed by atoms with Gasteiger partial charge in [0.2, 0.25) is 0 Å². The van der Waals surface area contributed by atoms with Gasteiger partial charge in [-0.3, -0.25) is 4.79 Å². The predicted octanol–water partition coefficient (Wildman–Crippen LogP) is 9.77. The second-order valence-electron chi connectivity index (χ2n) is 14.8. The highest BCUT2D eigenvalue weighted by Crippen LogP contribution is 2.54. The molecule has 8 heteroatoms. The Morgan fingerprint density at radius 2 is 1.61 bits per heavy atom. The number of hydrogen-bond donors (Lipinski definition) is 0. The molecule has 0 bridgehead atoms. The van der Waals surface area contributed by atoms with Crippen molar-refractivity contribution in [1.29, 1.82) is 0 Å². The lowest BCUT2D eigenvalue weighted by molar-refractivity contribution is -0.145. The smallest absolute Gasteiger partial charge is 0.297 e. The van der Waals surface area contributed by atoms with Gasteiger partial charge in [0.05, 0.1) is 10.7 Å². The number of thioether (sulfide) groups is 1. The van der Waals surface area contributed by atoms with Crippen molar-refractivity contribution >= 4 is 34.4 Å². The molecule has 0 aliphatic heterocycles. The molecule has 0 spiro atoms. The fourth-order valence-corrected chi connectivity index (χ4v) is 14.6. The molecule has 1 aliphatic rings. The summed E-state index contributed by atoms with van der Waals surface area (Å²) in [6.07, 6.45) is 4.95. The SMILES string of the molecule is C=C[C@]1(Sc2ccccc2)[C@@H](C(=O)O[Si](C(C)C)(C(C)C)C(C)C)C[C@H](OCOC)C#C/C=C\C#C[C@@]1(C)O[Si](C)(C)C(C)(C)C. The Morgan fingerprint density at radius 1 is 1.04 bits per heavy atom. The van der Waals surface area contributed by atoms with Gasteiger partial charge in [-0.2, -0.15) is 0 Å². The number of methoxy groups -OCH3 is 1. The van der Waals surface area contributed by atoms with E-state index in [0.717, 1.165) is 4.90 Å². The highest BCUT2D eigenvalue weighted by molar-refractivity contribution is 8.01. The van der Waals surface area contributed by atoms with E-state index < -0.39 is 39.0 Å². The topological polar surface area (TPSA) is 54.0 Å². The van der Waals surface area contributed by atoms with Gasteiger partial charge in [-0.1, -0.05) is 110 Å². The fraction of sp³-hybridized carbons (Fsp3) is 0.605. The van der Waals surface area contributed by atoms with Gasteiger partial charge in [0.15, 0.2) is 8.32 Å². The van der Waals surface area contributed by atoms with Crippen LogP contribution in [-0.2, 0) is 23.1 Å². The number of allylic oxidation sites excluding steroid dienone is 2. The molecule has 0 aromatic heterocycles. The molecule has 0 heterocycles. The molecule has 5 nitrogen and oxygen atoms in total. The first-order valence-corrected chi connectivity index (χ1v) is 22.3. The van der Waals surface area contributed by atoms with Crippen molar-refractivity contribution in [2.24, 2.45) is 5.92 Å². The monoisotopic (exact) mass is 682 g/mol. The van der Waals surface area contributed by atoms with E-state index in [-0.39, 0.29) is 40.8 Å². The Labute approximate surface area is 286 Å². The van der Waals surface area contributed by atoms with Crippen molar-refractivity contribution in [3.63, 3.8) is 0 Å². The number of carbonyl (C=O) groups is 1. The molecular formula is C38H58O5SSi2. The Bertz CT molecular complexity index is 1300. The second-order valence-corrected chi connectivity index (χ2v) is 26.2. The third-order valence-corrected chi connectivity index (χ3v) is 22.0. The van der Waals surface area contributed by atoms with E-state index in [4.69, 9.17) is 18.3 Å². The van der Waals surface area contributed by atoms with E-state index in [1.54, 1.807) is 31.0 Å². The average Bonchev–Trinajstić information content (AvgIpc) is 2.98. The standard InChI is InChI=1S/C38H58O5SSi2/c1-15-38(44-33-24-20-18-21-25-33)34(35(39)42-46(29(2)3,30(4)5)31(6)7)27-32(41-28-40-12)23-19-16-17-22-26-37(38,11)43-45(13,14)36(8,9)10/h15-18,20-21,24-25,29-32,34H,1,27-28H2,2-14H3/b17-16-/t32-,34-,37-,38+/m1/s1. The highest BCUT2D eigenvalue weighted by atomic mass is 32.2. The zero-order valence-electron chi connectivity index (χ0n) is 30.6. The number of ether oxygens (including phenoxy) is 2. The summed E-state index contributed by atoms with van der Waals surface area (Å²) in [6, 6.07) is 10.1. The van der Waals surface area contributed by atoms with Gasteiger partial charge >= 0.3 is 0 Å². The van der Waals surface area contributed by atoms with Crippen molar-refractivity contribution in [2.45, 2.75) is 132 Å². The van der Waals surface area contributed by atoms with Crippen LogP contribution in [0.3, 0.4) is 0 Å². The molecule has 254 valence electrons. The van der Waals surface area contributed by atoms with Crippen molar-refractivity contribution in [3.05, 3.63) is 55.1 Å².